The molecule has 0 aliphatic rings. The number of thiophene rings is 1. The topological polar surface area (TPSA) is 37.3 Å². The first-order chi connectivity index (χ1) is 5.52. The molecule has 3 heteroatoms. The molecule has 0 aliphatic carbocycles. The highest BCUT2D eigenvalue weighted by Crippen LogP contribution is 2.30. The molecule has 0 aromatic carbocycles. The summed E-state index contributed by atoms with van der Waals surface area (Å²) in [6.45, 7) is 3.90. The van der Waals surface area contributed by atoms with Crippen LogP contribution in [0.1, 0.15) is 25.1 Å². The number of carbonyl (C=O) groups is 1. The summed E-state index contributed by atoms with van der Waals surface area (Å²) in [5, 5.41) is 10.6. The third-order valence-electron chi connectivity index (χ3n) is 1.78. The van der Waals surface area contributed by atoms with Crippen LogP contribution < -0.4 is 0 Å². The largest absolute Gasteiger partial charge is 0.481 e. The van der Waals surface area contributed by atoms with Crippen LogP contribution in [0.5, 0.6) is 0 Å². The molecule has 66 valence electrons. The van der Waals surface area contributed by atoms with Crippen LogP contribution in [0, 0.1) is 0 Å². The van der Waals surface area contributed by atoms with Crippen molar-refractivity contribution in [2.45, 2.75) is 25.7 Å². The number of hydrogen-bond donors (Lipinski definition) is 1. The molecule has 0 unspecified atom stereocenters. The summed E-state index contributed by atoms with van der Waals surface area (Å²) in [6.07, 6.45) is 0.188. The van der Waals surface area contributed by atoms with Crippen molar-refractivity contribution in [1.29, 1.82) is 0 Å². The van der Waals surface area contributed by atoms with Gasteiger partial charge in [0.2, 0.25) is 0 Å². The van der Waals surface area contributed by atoms with Crippen LogP contribution in [0.2, 0.25) is 0 Å². The van der Waals surface area contributed by atoms with Gasteiger partial charge in [-0.15, -0.1) is 11.3 Å². The quantitative estimate of drug-likeness (QED) is 0.783. The Morgan fingerprint density at radius 1 is 1.67 bits per heavy atom. The molecule has 0 spiro atoms. The van der Waals surface area contributed by atoms with Gasteiger partial charge < -0.3 is 5.11 Å². The van der Waals surface area contributed by atoms with E-state index >= 15 is 0 Å². The second kappa shape index (κ2) is 3.27. The molecule has 0 saturated carbocycles. The monoisotopic (exact) mass is 184 g/mol. The Kier molecular flexibility index (Phi) is 2.52. The van der Waals surface area contributed by atoms with Crippen LogP contribution in [-0.4, -0.2) is 11.1 Å². The van der Waals surface area contributed by atoms with E-state index in [4.69, 9.17) is 5.11 Å². The van der Waals surface area contributed by atoms with E-state index in [1.54, 1.807) is 11.3 Å². The molecule has 0 amide bonds. The number of carboxylic acids is 1. The second-order valence-electron chi connectivity index (χ2n) is 3.43. The second-order valence-corrected chi connectivity index (χ2v) is 4.38. The van der Waals surface area contributed by atoms with Gasteiger partial charge in [-0.1, -0.05) is 19.9 Å². The minimum absolute atomic E-state index is 0.188. The van der Waals surface area contributed by atoms with Crippen LogP contribution in [0.25, 0.3) is 0 Å². The fraction of sp³-hybridized carbons (Fsp3) is 0.444. The van der Waals surface area contributed by atoms with Crippen LogP contribution in [-0.2, 0) is 10.2 Å². The lowest BCUT2D eigenvalue weighted by Gasteiger charge is -2.20. The predicted molar refractivity (Wildman–Crippen MR) is 49.6 cm³/mol. The van der Waals surface area contributed by atoms with E-state index in [1.807, 2.05) is 31.4 Å². The van der Waals surface area contributed by atoms with Crippen molar-refractivity contribution in [2.24, 2.45) is 0 Å². The maximum atomic E-state index is 10.5. The summed E-state index contributed by atoms with van der Waals surface area (Å²) in [6, 6.07) is 3.93. The summed E-state index contributed by atoms with van der Waals surface area (Å²) in [5.41, 5.74) is -0.236. The van der Waals surface area contributed by atoms with E-state index in [2.05, 4.69) is 0 Å². The predicted octanol–water partition coefficient (Wildman–Crippen LogP) is 2.50. The van der Waals surface area contributed by atoms with E-state index in [0.29, 0.717) is 0 Å². The molecule has 1 heterocycles. The van der Waals surface area contributed by atoms with Gasteiger partial charge >= 0.3 is 5.97 Å². The van der Waals surface area contributed by atoms with E-state index in [9.17, 15) is 4.79 Å². The first-order valence-electron chi connectivity index (χ1n) is 3.78. The molecule has 0 fully saturated rings. The van der Waals surface area contributed by atoms with Crippen molar-refractivity contribution in [2.75, 3.05) is 0 Å². The zero-order chi connectivity index (χ0) is 9.19. The molecule has 1 aromatic heterocycles. The van der Waals surface area contributed by atoms with Crippen molar-refractivity contribution in [3.05, 3.63) is 22.4 Å². The molecular weight excluding hydrogens is 172 g/mol. The SMILES string of the molecule is CC(C)(CC(=O)O)c1cccs1. The van der Waals surface area contributed by atoms with Gasteiger partial charge in [0.05, 0.1) is 6.42 Å². The number of carboxylic acid groups (broad SMARTS) is 1. The summed E-state index contributed by atoms with van der Waals surface area (Å²) >= 11 is 1.61. The standard InChI is InChI=1S/C9H12O2S/c1-9(2,6-8(10)11)7-4-3-5-12-7/h3-5H,6H2,1-2H3,(H,10,11). The van der Waals surface area contributed by atoms with Gasteiger partial charge in [0.15, 0.2) is 0 Å². The molecule has 1 aromatic rings. The van der Waals surface area contributed by atoms with Crippen molar-refractivity contribution >= 4 is 17.3 Å². The maximum absolute atomic E-state index is 10.5. The highest BCUT2D eigenvalue weighted by molar-refractivity contribution is 7.10. The van der Waals surface area contributed by atoms with Crippen LogP contribution in [0.3, 0.4) is 0 Å². The molecule has 0 saturated heterocycles. The Bertz CT molecular complexity index is 262. The average molecular weight is 184 g/mol. The van der Waals surface area contributed by atoms with Crippen LogP contribution in [0.15, 0.2) is 17.5 Å². The minimum atomic E-state index is -0.742. The fourth-order valence-electron chi connectivity index (χ4n) is 1.13. The Morgan fingerprint density at radius 3 is 2.75 bits per heavy atom. The van der Waals surface area contributed by atoms with Gasteiger partial charge in [0.1, 0.15) is 0 Å². The summed E-state index contributed by atoms with van der Waals surface area (Å²) in [7, 11) is 0. The average Bonchev–Trinajstić information content (AvgIpc) is 2.32. The highest BCUT2D eigenvalue weighted by atomic mass is 32.1. The Hall–Kier alpha value is -0.830. The molecule has 2 nitrogen and oxygen atoms in total. The van der Waals surface area contributed by atoms with Gasteiger partial charge in [0, 0.05) is 10.3 Å². The summed E-state index contributed by atoms with van der Waals surface area (Å²) < 4.78 is 0. The number of aliphatic carboxylic acids is 1. The molecule has 1 rings (SSSR count). The summed E-state index contributed by atoms with van der Waals surface area (Å²) in [4.78, 5) is 11.6. The van der Waals surface area contributed by atoms with E-state index < -0.39 is 5.97 Å². The van der Waals surface area contributed by atoms with Gasteiger partial charge in [-0.2, -0.15) is 0 Å². The summed E-state index contributed by atoms with van der Waals surface area (Å²) in [5.74, 6) is -0.742. The highest BCUT2D eigenvalue weighted by Gasteiger charge is 2.24. The van der Waals surface area contributed by atoms with Crippen molar-refractivity contribution in [3.8, 4) is 0 Å². The Labute approximate surface area is 75.9 Å². The number of rotatable bonds is 3. The third kappa shape index (κ3) is 2.08. The Balaban J connectivity index is 2.79. The zero-order valence-corrected chi connectivity index (χ0v) is 8.02. The van der Waals surface area contributed by atoms with Crippen molar-refractivity contribution in [3.63, 3.8) is 0 Å². The lowest BCUT2D eigenvalue weighted by molar-refractivity contribution is -0.138. The first-order valence-corrected chi connectivity index (χ1v) is 4.66. The molecule has 0 radical (unpaired) electrons. The van der Waals surface area contributed by atoms with Gasteiger partial charge in [0.25, 0.3) is 0 Å². The zero-order valence-electron chi connectivity index (χ0n) is 7.20. The first kappa shape index (κ1) is 9.26. The van der Waals surface area contributed by atoms with Crippen molar-refractivity contribution < 1.29 is 9.90 Å². The molecule has 0 aliphatic heterocycles. The molecule has 0 bridgehead atoms. The van der Waals surface area contributed by atoms with E-state index in [1.165, 1.54) is 0 Å². The molecule has 1 N–H and O–H groups in total. The van der Waals surface area contributed by atoms with Crippen LogP contribution in [0.4, 0.5) is 0 Å². The smallest absolute Gasteiger partial charge is 0.304 e. The molecular formula is C9H12O2S. The lowest BCUT2D eigenvalue weighted by Crippen LogP contribution is -2.20. The van der Waals surface area contributed by atoms with Gasteiger partial charge in [-0.3, -0.25) is 4.79 Å². The molecule has 12 heavy (non-hydrogen) atoms. The molecule has 0 atom stereocenters. The van der Waals surface area contributed by atoms with E-state index in [-0.39, 0.29) is 11.8 Å². The lowest BCUT2D eigenvalue weighted by atomic mass is 9.88. The Morgan fingerprint density at radius 2 is 2.33 bits per heavy atom. The van der Waals surface area contributed by atoms with Gasteiger partial charge in [-0.05, 0) is 11.4 Å². The third-order valence-corrected chi connectivity index (χ3v) is 3.02. The number of hydrogen-bond acceptors (Lipinski definition) is 2. The van der Waals surface area contributed by atoms with Crippen molar-refractivity contribution in [1.82, 2.24) is 0 Å². The van der Waals surface area contributed by atoms with E-state index in [0.717, 1.165) is 4.88 Å². The maximum Gasteiger partial charge on any atom is 0.304 e. The fourth-order valence-corrected chi connectivity index (χ4v) is 1.98. The van der Waals surface area contributed by atoms with Crippen LogP contribution >= 0.6 is 11.3 Å². The van der Waals surface area contributed by atoms with Gasteiger partial charge in [-0.25, -0.2) is 0 Å². The minimum Gasteiger partial charge on any atom is -0.481 e. The normalized spacial score (nSPS) is 11.5.